The van der Waals surface area contributed by atoms with E-state index in [9.17, 15) is 0 Å². The summed E-state index contributed by atoms with van der Waals surface area (Å²) in [7, 11) is 0.123. The fraction of sp³-hybridized carbons (Fsp3) is 1.00. The van der Waals surface area contributed by atoms with E-state index in [2.05, 4.69) is 0 Å². The molecule has 0 saturated heterocycles. The Labute approximate surface area is 76.6 Å². The molecule has 3 nitrogen and oxygen atoms in total. The van der Waals surface area contributed by atoms with Gasteiger partial charge in [-0.1, -0.05) is 12.8 Å². The predicted molar refractivity (Wildman–Crippen MR) is 56.9 cm³/mol. The first kappa shape index (κ1) is 11.5. The molecule has 0 aromatic heterocycles. The minimum atomic E-state index is -0.519. The lowest BCUT2D eigenvalue weighted by atomic mass is 10.2. The maximum absolute atomic E-state index is 5.42. The van der Waals surface area contributed by atoms with Crippen molar-refractivity contribution in [1.29, 1.82) is 0 Å². The molecule has 0 aliphatic rings. The monoisotopic (exact) mass is 209 g/mol. The van der Waals surface area contributed by atoms with Gasteiger partial charge >= 0.3 is 0 Å². The van der Waals surface area contributed by atoms with Crippen molar-refractivity contribution in [3.63, 3.8) is 0 Å². The Morgan fingerprint density at radius 3 is 2.73 bits per heavy atom. The third-order valence-corrected chi connectivity index (χ3v) is 5.00. The normalized spacial score (nSPS) is 12.8. The van der Waals surface area contributed by atoms with Gasteiger partial charge in [-0.15, -0.1) is 0 Å². The molecule has 0 spiro atoms. The van der Waals surface area contributed by atoms with Crippen LogP contribution in [0.4, 0.5) is 0 Å². The summed E-state index contributed by atoms with van der Waals surface area (Å²) in [4.78, 5) is 0. The van der Waals surface area contributed by atoms with E-state index in [1.54, 1.807) is 0 Å². The second kappa shape index (κ2) is 10.5. The molecule has 6 heteroatoms. The summed E-state index contributed by atoms with van der Waals surface area (Å²) in [5, 5.41) is 0. The minimum Gasteiger partial charge on any atom is -0.449 e. The van der Waals surface area contributed by atoms with Crippen molar-refractivity contribution in [1.82, 2.24) is 0 Å². The largest absolute Gasteiger partial charge is 0.449 e. The summed E-state index contributed by atoms with van der Waals surface area (Å²) in [5.74, 6) is 0. The van der Waals surface area contributed by atoms with E-state index in [1.807, 2.05) is 0 Å². The van der Waals surface area contributed by atoms with Gasteiger partial charge in [-0.3, -0.25) is 0 Å². The van der Waals surface area contributed by atoms with Crippen molar-refractivity contribution < 1.29 is 8.23 Å². The molecule has 0 unspecified atom stereocenters. The van der Waals surface area contributed by atoms with E-state index >= 15 is 0 Å². The second-order valence-electron chi connectivity index (χ2n) is 2.52. The van der Waals surface area contributed by atoms with Gasteiger partial charge in [0.25, 0.3) is 10.0 Å². The van der Waals surface area contributed by atoms with E-state index in [0.29, 0.717) is 0 Å². The number of nitrogens with two attached hydrogens (primary N) is 1. The Morgan fingerprint density at radius 2 is 2.09 bits per heavy atom. The lowest BCUT2D eigenvalue weighted by molar-refractivity contribution is 0.499. The summed E-state index contributed by atoms with van der Waals surface area (Å²) in [6, 6.07) is 1.30. The molecule has 0 bridgehead atoms. The van der Waals surface area contributed by atoms with Crippen LogP contribution in [0.15, 0.2) is 0 Å². The van der Waals surface area contributed by atoms with Crippen LogP contribution in [0.2, 0.25) is 6.04 Å². The molecule has 0 rings (SSSR count). The van der Waals surface area contributed by atoms with Crippen molar-refractivity contribution >= 4 is 30.3 Å². The number of hydrogen-bond acceptors (Lipinski definition) is 3. The molecule has 0 heterocycles. The van der Waals surface area contributed by atoms with Gasteiger partial charge in [-0.2, -0.15) is 0 Å². The zero-order valence-electron chi connectivity index (χ0n) is 7.34. The minimum absolute atomic E-state index is 0.210. The van der Waals surface area contributed by atoms with Gasteiger partial charge in [0.1, 0.15) is 20.2 Å². The van der Waals surface area contributed by atoms with Crippen molar-refractivity contribution in [3.8, 4) is 0 Å². The van der Waals surface area contributed by atoms with Crippen LogP contribution in [-0.2, 0) is 8.23 Å². The first-order chi connectivity index (χ1) is 5.41. The highest BCUT2D eigenvalue weighted by Crippen LogP contribution is 1.97. The maximum Gasteiger partial charge on any atom is 0.282 e. The van der Waals surface area contributed by atoms with Gasteiger partial charge in [0, 0.05) is 0 Å². The lowest BCUT2D eigenvalue weighted by Gasteiger charge is -2.01. The molecule has 11 heavy (non-hydrogen) atoms. The summed E-state index contributed by atoms with van der Waals surface area (Å²) < 4.78 is 10.5. The number of unbranched alkanes of at least 4 members (excludes halogenated alkanes) is 2. The summed E-state index contributed by atoms with van der Waals surface area (Å²) in [6.07, 6.45) is 3.75. The molecule has 0 aromatic carbocycles. The van der Waals surface area contributed by atoms with E-state index < -0.39 is 10.0 Å². The molecular weight excluding hydrogens is 190 g/mol. The van der Waals surface area contributed by atoms with E-state index in [0.717, 1.165) is 17.0 Å². The van der Waals surface area contributed by atoms with Crippen LogP contribution in [0.1, 0.15) is 19.3 Å². The molecule has 0 aliphatic heterocycles. The Balaban J connectivity index is 2.69. The smallest absolute Gasteiger partial charge is 0.282 e. The average molecular weight is 209 g/mol. The Morgan fingerprint density at radius 1 is 1.27 bits per heavy atom. The predicted octanol–water partition coefficient (Wildman–Crippen LogP) is -2.07. The fourth-order valence-corrected chi connectivity index (χ4v) is 4.86. The molecule has 0 aliphatic carbocycles. The highest BCUT2D eigenvalue weighted by Gasteiger charge is 1.90. The molecule has 2 N–H and O–H groups in total. The second-order valence-corrected chi connectivity index (χ2v) is 7.81. The van der Waals surface area contributed by atoms with Gasteiger partial charge in [0.2, 0.25) is 0 Å². The van der Waals surface area contributed by atoms with Crippen LogP contribution in [0.3, 0.4) is 0 Å². The highest BCUT2D eigenvalue weighted by atomic mass is 28.3. The molecule has 0 fully saturated rings. The van der Waals surface area contributed by atoms with E-state index in [-0.39, 0.29) is 9.76 Å². The van der Waals surface area contributed by atoms with Crippen LogP contribution in [0.5, 0.6) is 0 Å². The van der Waals surface area contributed by atoms with Crippen molar-refractivity contribution in [2.24, 2.45) is 5.73 Å². The van der Waals surface area contributed by atoms with Crippen molar-refractivity contribution in [2.45, 2.75) is 25.3 Å². The topological polar surface area (TPSA) is 44.5 Å². The standard InChI is InChI=1S/C5H19NO2Si3/c6-4-2-1-3-5-10-8-11-7-9/h1-6,10-11H2,9H3. The molecule has 0 saturated carbocycles. The average Bonchev–Trinajstić information content (AvgIpc) is 2.03. The van der Waals surface area contributed by atoms with Gasteiger partial charge in [0.05, 0.1) is 0 Å². The van der Waals surface area contributed by atoms with Crippen LogP contribution in [0, 0.1) is 0 Å². The van der Waals surface area contributed by atoms with Gasteiger partial charge in [-0.25, -0.2) is 0 Å². The van der Waals surface area contributed by atoms with Gasteiger partial charge in [0.15, 0.2) is 0 Å². The van der Waals surface area contributed by atoms with Gasteiger partial charge < -0.3 is 14.0 Å². The van der Waals surface area contributed by atoms with E-state index in [1.165, 1.54) is 25.3 Å². The zero-order valence-corrected chi connectivity index (χ0v) is 12.2. The zero-order chi connectivity index (χ0) is 8.36. The van der Waals surface area contributed by atoms with Crippen LogP contribution >= 0.6 is 0 Å². The van der Waals surface area contributed by atoms with Crippen LogP contribution in [0.25, 0.3) is 0 Å². The third-order valence-electron chi connectivity index (χ3n) is 1.44. The number of rotatable bonds is 8. The van der Waals surface area contributed by atoms with Crippen molar-refractivity contribution in [2.75, 3.05) is 6.54 Å². The van der Waals surface area contributed by atoms with Crippen molar-refractivity contribution in [3.05, 3.63) is 0 Å². The van der Waals surface area contributed by atoms with Crippen LogP contribution < -0.4 is 5.73 Å². The first-order valence-corrected chi connectivity index (χ1v) is 7.73. The maximum atomic E-state index is 5.42. The first-order valence-electron chi connectivity index (χ1n) is 4.18. The molecule has 0 amide bonds. The fourth-order valence-electron chi connectivity index (χ4n) is 0.844. The summed E-state index contributed by atoms with van der Waals surface area (Å²) in [6.45, 7) is 0.834. The SMILES string of the molecule is NCCCCC[SiH2]O[SiH2]O[SiH3]. The molecule has 0 radical (unpaired) electrons. The molecule has 68 valence electrons. The third kappa shape index (κ3) is 10.5. The van der Waals surface area contributed by atoms with E-state index in [4.69, 9.17) is 14.0 Å². The lowest BCUT2D eigenvalue weighted by Crippen LogP contribution is -2.06. The quantitative estimate of drug-likeness (QED) is 0.369. The van der Waals surface area contributed by atoms with Crippen LogP contribution in [-0.4, -0.2) is 36.8 Å². The Bertz CT molecular complexity index is 68.7. The molecular formula is C5H19NO2Si3. The highest BCUT2D eigenvalue weighted by molar-refractivity contribution is 6.41. The number of hydrogen-bond donors (Lipinski definition) is 1. The van der Waals surface area contributed by atoms with Gasteiger partial charge in [-0.05, 0) is 19.0 Å². The Kier molecular flexibility index (Phi) is 11.0. The molecule has 0 atom stereocenters. The Hall–Kier alpha value is 0.531. The molecule has 0 aromatic rings. The summed E-state index contributed by atoms with van der Waals surface area (Å²) >= 11 is 0. The summed E-state index contributed by atoms with van der Waals surface area (Å²) in [5.41, 5.74) is 5.36.